The molecule has 2 aliphatic rings. The lowest BCUT2D eigenvalue weighted by Gasteiger charge is -2.40. The molecule has 1 aromatic carbocycles. The molecule has 4 unspecified atom stereocenters. The van der Waals surface area contributed by atoms with E-state index >= 15 is 0 Å². The molecule has 1 nitrogen and oxygen atoms in total. The summed E-state index contributed by atoms with van der Waals surface area (Å²) in [5.41, 5.74) is 1.66. The van der Waals surface area contributed by atoms with Crippen molar-refractivity contribution >= 4 is 0 Å². The maximum atomic E-state index is 13.5. The van der Waals surface area contributed by atoms with Crippen LogP contribution in [0.2, 0.25) is 0 Å². The van der Waals surface area contributed by atoms with Crippen molar-refractivity contribution in [3.05, 3.63) is 35.1 Å². The number of halogens is 1. The maximum Gasteiger partial charge on any atom is 0.123 e. The van der Waals surface area contributed by atoms with Crippen LogP contribution in [0.4, 0.5) is 4.39 Å². The van der Waals surface area contributed by atoms with Crippen LogP contribution in [0.15, 0.2) is 18.2 Å². The molecule has 0 saturated heterocycles. The molecule has 3 rings (SSSR count). The zero-order valence-electron chi connectivity index (χ0n) is 12.3. The van der Waals surface area contributed by atoms with Gasteiger partial charge in [0.05, 0.1) is 6.10 Å². The minimum absolute atomic E-state index is 0.231. The molecule has 0 heterocycles. The molecule has 1 N–H and O–H groups in total. The average molecular weight is 276 g/mol. The zero-order chi connectivity index (χ0) is 14.1. The first kappa shape index (κ1) is 14.1. The molecule has 0 aliphatic heterocycles. The standard InChI is InChI=1S/C18H25FO/c1-12-8-16(11-17(19)9-12)18(20)15-7-6-13-4-2-3-5-14(13)10-15/h8-9,11,13-15,18,20H,2-7,10H2,1H3. The second kappa shape index (κ2) is 5.85. The highest BCUT2D eigenvalue weighted by molar-refractivity contribution is 5.25. The van der Waals surface area contributed by atoms with Crippen molar-refractivity contribution in [3.63, 3.8) is 0 Å². The monoisotopic (exact) mass is 276 g/mol. The van der Waals surface area contributed by atoms with Crippen LogP contribution in [0.3, 0.4) is 0 Å². The van der Waals surface area contributed by atoms with E-state index in [-0.39, 0.29) is 5.82 Å². The topological polar surface area (TPSA) is 20.2 Å². The molecule has 2 fully saturated rings. The second-order valence-corrected chi connectivity index (χ2v) is 6.88. The average Bonchev–Trinajstić information content (AvgIpc) is 2.45. The minimum atomic E-state index is -0.493. The van der Waals surface area contributed by atoms with Gasteiger partial charge in [0.2, 0.25) is 0 Å². The molecular weight excluding hydrogens is 251 g/mol. The van der Waals surface area contributed by atoms with Gasteiger partial charge in [-0.2, -0.15) is 0 Å². The van der Waals surface area contributed by atoms with Gasteiger partial charge in [-0.25, -0.2) is 4.39 Å². The quantitative estimate of drug-likeness (QED) is 0.824. The first-order chi connectivity index (χ1) is 9.63. The summed E-state index contributed by atoms with van der Waals surface area (Å²) in [6, 6.07) is 4.96. The van der Waals surface area contributed by atoms with E-state index in [0.717, 1.165) is 35.8 Å². The lowest BCUT2D eigenvalue weighted by Crippen LogP contribution is -2.30. The Labute approximate surface area is 121 Å². The number of rotatable bonds is 2. The smallest absolute Gasteiger partial charge is 0.123 e. The molecule has 20 heavy (non-hydrogen) atoms. The molecule has 0 amide bonds. The zero-order valence-corrected chi connectivity index (χ0v) is 12.3. The van der Waals surface area contributed by atoms with Gasteiger partial charge in [-0.1, -0.05) is 31.7 Å². The van der Waals surface area contributed by atoms with Crippen LogP contribution in [-0.4, -0.2) is 5.11 Å². The third-order valence-corrected chi connectivity index (χ3v) is 5.43. The maximum absolute atomic E-state index is 13.5. The molecule has 4 atom stereocenters. The van der Waals surface area contributed by atoms with Crippen molar-refractivity contribution in [2.24, 2.45) is 17.8 Å². The summed E-state index contributed by atoms with van der Waals surface area (Å²) < 4.78 is 13.5. The van der Waals surface area contributed by atoms with Gasteiger partial charge in [-0.05, 0) is 67.2 Å². The second-order valence-electron chi connectivity index (χ2n) is 6.88. The molecule has 0 spiro atoms. The third kappa shape index (κ3) is 2.90. The third-order valence-electron chi connectivity index (χ3n) is 5.43. The molecular formula is C18H25FO. The number of aliphatic hydroxyl groups is 1. The Kier molecular flexibility index (Phi) is 4.11. The number of benzene rings is 1. The first-order valence-electron chi connectivity index (χ1n) is 8.08. The predicted octanol–water partition coefficient (Wildman–Crippen LogP) is 4.77. The fourth-order valence-corrected chi connectivity index (χ4v) is 4.40. The Morgan fingerprint density at radius 3 is 2.55 bits per heavy atom. The summed E-state index contributed by atoms with van der Waals surface area (Å²) in [7, 11) is 0. The normalized spacial score (nSPS) is 31.6. The van der Waals surface area contributed by atoms with Crippen LogP contribution in [0.25, 0.3) is 0 Å². The van der Waals surface area contributed by atoms with E-state index in [4.69, 9.17) is 0 Å². The van der Waals surface area contributed by atoms with E-state index in [1.54, 1.807) is 0 Å². The summed E-state index contributed by atoms with van der Waals surface area (Å²) in [4.78, 5) is 0. The van der Waals surface area contributed by atoms with Crippen molar-refractivity contribution in [2.45, 2.75) is 58.0 Å². The predicted molar refractivity (Wildman–Crippen MR) is 78.9 cm³/mol. The number of aliphatic hydroxyl groups excluding tert-OH is 1. The van der Waals surface area contributed by atoms with Crippen molar-refractivity contribution in [1.29, 1.82) is 0 Å². The van der Waals surface area contributed by atoms with Gasteiger partial charge >= 0.3 is 0 Å². The molecule has 2 aliphatic carbocycles. The van der Waals surface area contributed by atoms with Crippen molar-refractivity contribution in [1.82, 2.24) is 0 Å². The Morgan fingerprint density at radius 1 is 1.05 bits per heavy atom. The Hall–Kier alpha value is -0.890. The van der Waals surface area contributed by atoms with Crippen LogP contribution < -0.4 is 0 Å². The highest BCUT2D eigenvalue weighted by Crippen LogP contribution is 2.46. The molecule has 2 heteroatoms. The fraction of sp³-hybridized carbons (Fsp3) is 0.667. The van der Waals surface area contributed by atoms with E-state index < -0.39 is 6.10 Å². The number of hydrogen-bond acceptors (Lipinski definition) is 1. The van der Waals surface area contributed by atoms with Crippen molar-refractivity contribution in [2.75, 3.05) is 0 Å². The highest BCUT2D eigenvalue weighted by Gasteiger charge is 2.35. The summed E-state index contributed by atoms with van der Waals surface area (Å²) in [5, 5.41) is 10.6. The molecule has 2 saturated carbocycles. The number of hydrogen-bond donors (Lipinski definition) is 1. The number of aryl methyl sites for hydroxylation is 1. The molecule has 1 aromatic rings. The van der Waals surface area contributed by atoms with E-state index in [9.17, 15) is 9.50 Å². The van der Waals surface area contributed by atoms with E-state index in [0.29, 0.717) is 5.92 Å². The lowest BCUT2D eigenvalue weighted by atomic mass is 9.66. The Bertz CT molecular complexity index is 450. The van der Waals surface area contributed by atoms with Crippen LogP contribution in [0.1, 0.15) is 62.2 Å². The molecule has 0 bridgehead atoms. The first-order valence-corrected chi connectivity index (χ1v) is 8.08. The SMILES string of the molecule is Cc1cc(F)cc(C(O)C2CCC3CCCCC3C2)c1. The summed E-state index contributed by atoms with van der Waals surface area (Å²) >= 11 is 0. The Morgan fingerprint density at radius 2 is 1.80 bits per heavy atom. The van der Waals surface area contributed by atoms with Gasteiger partial charge in [0.1, 0.15) is 5.82 Å². The highest BCUT2D eigenvalue weighted by atomic mass is 19.1. The van der Waals surface area contributed by atoms with Gasteiger partial charge in [0.15, 0.2) is 0 Å². The van der Waals surface area contributed by atoms with Gasteiger partial charge < -0.3 is 5.11 Å². The van der Waals surface area contributed by atoms with Crippen LogP contribution >= 0.6 is 0 Å². The summed E-state index contributed by atoms with van der Waals surface area (Å²) in [5.74, 6) is 1.77. The van der Waals surface area contributed by atoms with Crippen LogP contribution in [-0.2, 0) is 0 Å². The lowest BCUT2D eigenvalue weighted by molar-refractivity contribution is 0.0347. The number of fused-ring (bicyclic) bond motifs is 1. The van der Waals surface area contributed by atoms with Crippen LogP contribution in [0.5, 0.6) is 0 Å². The minimum Gasteiger partial charge on any atom is -0.388 e. The van der Waals surface area contributed by atoms with Gasteiger partial charge in [-0.15, -0.1) is 0 Å². The van der Waals surface area contributed by atoms with E-state index in [1.165, 1.54) is 44.2 Å². The van der Waals surface area contributed by atoms with Gasteiger partial charge in [-0.3, -0.25) is 0 Å². The molecule has 0 aromatic heterocycles. The van der Waals surface area contributed by atoms with Crippen LogP contribution in [0, 0.1) is 30.5 Å². The van der Waals surface area contributed by atoms with Gasteiger partial charge in [0.25, 0.3) is 0 Å². The van der Waals surface area contributed by atoms with Gasteiger partial charge in [0, 0.05) is 0 Å². The fourth-order valence-electron chi connectivity index (χ4n) is 4.40. The van der Waals surface area contributed by atoms with E-state index in [1.807, 2.05) is 13.0 Å². The molecule has 110 valence electrons. The van der Waals surface area contributed by atoms with E-state index in [2.05, 4.69) is 0 Å². The molecule has 0 radical (unpaired) electrons. The van der Waals surface area contributed by atoms with Crippen molar-refractivity contribution in [3.8, 4) is 0 Å². The summed E-state index contributed by atoms with van der Waals surface area (Å²) in [6.07, 6.45) is 8.43. The van der Waals surface area contributed by atoms with Crippen molar-refractivity contribution < 1.29 is 9.50 Å². The summed E-state index contributed by atoms with van der Waals surface area (Å²) in [6.45, 7) is 1.89. The Balaban J connectivity index is 1.72. The largest absolute Gasteiger partial charge is 0.388 e.